The molecule has 1 aromatic carbocycles. The number of hydrogen-bond acceptors (Lipinski definition) is 5. The number of nitrogens with one attached hydrogen (secondary N) is 1. The van der Waals surface area contributed by atoms with Crippen molar-refractivity contribution >= 4 is 11.5 Å². The third-order valence-electron chi connectivity index (χ3n) is 3.27. The fraction of sp³-hybridized carbons (Fsp3) is 0.412. The largest absolute Gasteiger partial charge is 0.437 e. The van der Waals surface area contributed by atoms with Gasteiger partial charge in [-0.1, -0.05) is 19.9 Å². The fourth-order valence-electron chi connectivity index (χ4n) is 2.18. The number of anilines is 2. The average molecular weight is 300 g/mol. The Bertz CT molecular complexity index is 620. The van der Waals surface area contributed by atoms with E-state index in [2.05, 4.69) is 35.2 Å². The molecule has 0 spiro atoms. The summed E-state index contributed by atoms with van der Waals surface area (Å²) >= 11 is 0. The van der Waals surface area contributed by atoms with Crippen molar-refractivity contribution in [1.29, 1.82) is 0 Å². The lowest BCUT2D eigenvalue weighted by atomic mass is 10.1. The minimum Gasteiger partial charge on any atom is -0.437 e. The second-order valence-electron chi connectivity index (χ2n) is 5.98. The number of rotatable bonds is 6. The van der Waals surface area contributed by atoms with Gasteiger partial charge in [-0.05, 0) is 49.4 Å². The van der Waals surface area contributed by atoms with Crippen LogP contribution in [0.4, 0.5) is 11.5 Å². The van der Waals surface area contributed by atoms with Gasteiger partial charge in [-0.2, -0.15) is 4.98 Å². The van der Waals surface area contributed by atoms with Crippen molar-refractivity contribution < 1.29 is 4.74 Å². The van der Waals surface area contributed by atoms with Gasteiger partial charge in [0.15, 0.2) is 5.82 Å². The maximum Gasteiger partial charge on any atom is 0.248 e. The number of nitrogen functional groups attached to an aromatic ring is 1. The number of benzene rings is 1. The van der Waals surface area contributed by atoms with Crippen LogP contribution in [0, 0.1) is 19.8 Å². The molecule has 1 aromatic heterocycles. The highest BCUT2D eigenvalue weighted by atomic mass is 16.5. The van der Waals surface area contributed by atoms with Gasteiger partial charge in [-0.15, -0.1) is 0 Å². The van der Waals surface area contributed by atoms with E-state index in [1.54, 1.807) is 0 Å². The van der Waals surface area contributed by atoms with Gasteiger partial charge in [0.2, 0.25) is 5.88 Å². The first-order valence-electron chi connectivity index (χ1n) is 7.56. The molecule has 5 heteroatoms. The van der Waals surface area contributed by atoms with E-state index in [1.807, 2.05) is 26.0 Å². The molecule has 0 saturated heterocycles. The van der Waals surface area contributed by atoms with Gasteiger partial charge in [0.05, 0.1) is 0 Å². The molecule has 0 aliphatic heterocycles. The van der Waals surface area contributed by atoms with Crippen molar-refractivity contribution in [2.45, 2.75) is 34.1 Å². The van der Waals surface area contributed by atoms with Gasteiger partial charge in [0.1, 0.15) is 17.8 Å². The van der Waals surface area contributed by atoms with E-state index in [9.17, 15) is 0 Å². The fourth-order valence-corrected chi connectivity index (χ4v) is 2.18. The lowest BCUT2D eigenvalue weighted by Gasteiger charge is -2.13. The third-order valence-corrected chi connectivity index (χ3v) is 3.27. The van der Waals surface area contributed by atoms with Crippen LogP contribution in [0.15, 0.2) is 24.5 Å². The Balaban J connectivity index is 2.14. The highest BCUT2D eigenvalue weighted by molar-refractivity contribution is 5.67. The van der Waals surface area contributed by atoms with Gasteiger partial charge in [-0.3, -0.25) is 0 Å². The summed E-state index contributed by atoms with van der Waals surface area (Å²) in [6.07, 6.45) is 2.52. The number of hydrogen-bond donors (Lipinski definition) is 2. The number of ether oxygens (including phenoxy) is 1. The number of nitrogens with two attached hydrogens (primary N) is 1. The second kappa shape index (κ2) is 7.11. The standard InChI is InChI=1S/C17H24N4O/c1-11(2)5-6-19-16-15(18)17(21-10-20-16)22-14-8-12(3)7-13(4)9-14/h7-11H,5-6,18H2,1-4H3,(H,19,20,21). The summed E-state index contributed by atoms with van der Waals surface area (Å²) < 4.78 is 5.82. The molecule has 1 heterocycles. The summed E-state index contributed by atoms with van der Waals surface area (Å²) in [6.45, 7) is 9.24. The number of aromatic nitrogens is 2. The minimum absolute atomic E-state index is 0.382. The zero-order valence-electron chi connectivity index (χ0n) is 13.7. The van der Waals surface area contributed by atoms with Crippen LogP contribution in [-0.2, 0) is 0 Å². The predicted molar refractivity (Wildman–Crippen MR) is 90.4 cm³/mol. The smallest absolute Gasteiger partial charge is 0.248 e. The Hall–Kier alpha value is -2.30. The van der Waals surface area contributed by atoms with Gasteiger partial charge in [0, 0.05) is 6.54 Å². The summed E-state index contributed by atoms with van der Waals surface area (Å²) in [6, 6.07) is 6.01. The van der Waals surface area contributed by atoms with Crippen molar-refractivity contribution in [3.05, 3.63) is 35.7 Å². The highest BCUT2D eigenvalue weighted by Gasteiger charge is 2.10. The van der Waals surface area contributed by atoms with E-state index in [4.69, 9.17) is 10.5 Å². The normalized spacial score (nSPS) is 10.8. The van der Waals surface area contributed by atoms with Crippen LogP contribution in [0.1, 0.15) is 31.4 Å². The van der Waals surface area contributed by atoms with E-state index >= 15 is 0 Å². The quantitative estimate of drug-likeness (QED) is 0.845. The van der Waals surface area contributed by atoms with Gasteiger partial charge in [-0.25, -0.2) is 4.98 Å². The molecular weight excluding hydrogens is 276 g/mol. The first kappa shape index (κ1) is 16.1. The molecule has 118 valence electrons. The molecule has 2 aromatic rings. The average Bonchev–Trinajstić information content (AvgIpc) is 2.41. The van der Waals surface area contributed by atoms with E-state index in [0.29, 0.717) is 23.3 Å². The summed E-state index contributed by atoms with van der Waals surface area (Å²) in [5, 5.41) is 3.24. The van der Waals surface area contributed by atoms with Gasteiger partial charge < -0.3 is 15.8 Å². The first-order valence-corrected chi connectivity index (χ1v) is 7.56. The first-order chi connectivity index (χ1) is 10.5. The van der Waals surface area contributed by atoms with Crippen LogP contribution in [0.25, 0.3) is 0 Å². The zero-order valence-corrected chi connectivity index (χ0v) is 13.7. The molecule has 22 heavy (non-hydrogen) atoms. The second-order valence-corrected chi connectivity index (χ2v) is 5.98. The topological polar surface area (TPSA) is 73.1 Å². The number of nitrogens with zero attached hydrogens (tertiary/aromatic N) is 2. The van der Waals surface area contributed by atoms with Crippen LogP contribution in [0.5, 0.6) is 11.6 Å². The molecule has 0 saturated carbocycles. The van der Waals surface area contributed by atoms with E-state index < -0.39 is 0 Å². The van der Waals surface area contributed by atoms with Gasteiger partial charge in [0.25, 0.3) is 0 Å². The summed E-state index contributed by atoms with van der Waals surface area (Å²) in [5.74, 6) is 2.36. The lowest BCUT2D eigenvalue weighted by molar-refractivity contribution is 0.463. The third kappa shape index (κ3) is 4.35. The Kier molecular flexibility index (Phi) is 5.20. The molecule has 0 atom stereocenters. The molecule has 0 bridgehead atoms. The van der Waals surface area contributed by atoms with Crippen molar-refractivity contribution in [3.63, 3.8) is 0 Å². The molecular formula is C17H24N4O. The molecule has 5 nitrogen and oxygen atoms in total. The number of aryl methyl sites for hydroxylation is 2. The Morgan fingerprint density at radius 3 is 2.45 bits per heavy atom. The van der Waals surface area contributed by atoms with E-state index in [0.717, 1.165) is 29.8 Å². The van der Waals surface area contributed by atoms with Crippen LogP contribution in [0.2, 0.25) is 0 Å². The Morgan fingerprint density at radius 1 is 1.14 bits per heavy atom. The Labute approximate surface area is 131 Å². The highest BCUT2D eigenvalue weighted by Crippen LogP contribution is 2.30. The molecule has 3 N–H and O–H groups in total. The van der Waals surface area contributed by atoms with E-state index in [-0.39, 0.29) is 0 Å². The SMILES string of the molecule is Cc1cc(C)cc(Oc2ncnc(NCCC(C)C)c2N)c1. The summed E-state index contributed by atoms with van der Waals surface area (Å²) in [7, 11) is 0. The maximum absolute atomic E-state index is 6.11. The van der Waals surface area contributed by atoms with Crippen molar-refractivity contribution in [1.82, 2.24) is 9.97 Å². The molecule has 0 fully saturated rings. The lowest BCUT2D eigenvalue weighted by Crippen LogP contribution is -2.09. The summed E-state index contributed by atoms with van der Waals surface area (Å²) in [5.41, 5.74) is 8.82. The monoisotopic (exact) mass is 300 g/mol. The van der Waals surface area contributed by atoms with Gasteiger partial charge >= 0.3 is 0 Å². The molecule has 2 rings (SSSR count). The maximum atomic E-state index is 6.11. The molecule has 0 aliphatic rings. The predicted octanol–water partition coefficient (Wildman–Crippen LogP) is 3.93. The van der Waals surface area contributed by atoms with Crippen LogP contribution in [0.3, 0.4) is 0 Å². The van der Waals surface area contributed by atoms with E-state index in [1.165, 1.54) is 6.33 Å². The molecule has 0 amide bonds. The van der Waals surface area contributed by atoms with Crippen LogP contribution in [-0.4, -0.2) is 16.5 Å². The minimum atomic E-state index is 0.382. The molecule has 0 aliphatic carbocycles. The summed E-state index contributed by atoms with van der Waals surface area (Å²) in [4.78, 5) is 8.32. The Morgan fingerprint density at radius 2 is 1.82 bits per heavy atom. The zero-order chi connectivity index (χ0) is 16.1. The van der Waals surface area contributed by atoms with Crippen molar-refractivity contribution in [3.8, 4) is 11.6 Å². The van der Waals surface area contributed by atoms with Crippen molar-refractivity contribution in [2.75, 3.05) is 17.6 Å². The van der Waals surface area contributed by atoms with Crippen molar-refractivity contribution in [2.24, 2.45) is 5.92 Å². The van der Waals surface area contributed by atoms with Crippen LogP contribution < -0.4 is 15.8 Å². The van der Waals surface area contributed by atoms with Crippen LogP contribution >= 0.6 is 0 Å². The molecule has 0 unspecified atom stereocenters. The molecule has 0 radical (unpaired) electrons.